The maximum absolute atomic E-state index is 12.9. The molecule has 1 heterocycles. The van der Waals surface area contributed by atoms with Gasteiger partial charge in [-0.05, 0) is 24.6 Å². The molecule has 5 heteroatoms. The molecule has 94 valence electrons. The molecule has 0 amide bonds. The summed E-state index contributed by atoms with van der Waals surface area (Å²) in [4.78, 5) is 16.1. The summed E-state index contributed by atoms with van der Waals surface area (Å²) in [7, 11) is 0. The average molecular weight is 328 g/mol. The Bertz CT molecular complexity index is 582. The fraction of sp³-hybridized carbons (Fsp3) is 0.231. The molecule has 0 aliphatic rings. The van der Waals surface area contributed by atoms with Crippen LogP contribution in [-0.4, -0.2) is 10.8 Å². The quantitative estimate of drug-likeness (QED) is 0.856. The number of halogens is 2. The molecule has 2 rings (SSSR count). The van der Waals surface area contributed by atoms with Gasteiger partial charge in [0.15, 0.2) is 0 Å². The summed E-state index contributed by atoms with van der Waals surface area (Å²) in [6, 6.07) is 4.36. The zero-order valence-electron chi connectivity index (χ0n) is 9.74. The number of benzene rings is 1. The first-order valence-electron chi connectivity index (χ1n) is 5.41. The van der Waals surface area contributed by atoms with Crippen LogP contribution in [0.25, 0.3) is 0 Å². The van der Waals surface area contributed by atoms with Gasteiger partial charge in [0.1, 0.15) is 16.6 Å². The van der Waals surface area contributed by atoms with Gasteiger partial charge in [-0.25, -0.2) is 9.37 Å². The number of nitrogens with zero attached hydrogens (tertiary/aromatic N) is 1. The van der Waals surface area contributed by atoms with Gasteiger partial charge in [0.25, 0.3) is 0 Å². The minimum Gasteiger partial charge on any atom is -0.299 e. The second-order valence-corrected chi connectivity index (χ2v) is 5.81. The third-order valence-electron chi connectivity index (χ3n) is 2.42. The molecule has 0 saturated heterocycles. The van der Waals surface area contributed by atoms with Crippen LogP contribution in [0.2, 0.25) is 0 Å². The number of ketones is 1. The smallest absolute Gasteiger partial charge is 0.144 e. The Morgan fingerprint density at radius 3 is 2.83 bits per heavy atom. The van der Waals surface area contributed by atoms with Gasteiger partial charge < -0.3 is 0 Å². The van der Waals surface area contributed by atoms with E-state index in [9.17, 15) is 9.18 Å². The number of thiazole rings is 1. The molecule has 2 nitrogen and oxygen atoms in total. The second kappa shape index (κ2) is 5.71. The van der Waals surface area contributed by atoms with Crippen LogP contribution in [0.5, 0.6) is 0 Å². The molecular formula is C13H11BrFNOS. The van der Waals surface area contributed by atoms with Crippen LogP contribution < -0.4 is 0 Å². The molecule has 0 aliphatic carbocycles. The standard InChI is InChI=1S/C13H11BrFNOS/c1-8-7-18-13(16-8)6-11(17)4-9-2-3-10(15)5-12(9)14/h2-3,5,7H,4,6H2,1H3. The molecule has 18 heavy (non-hydrogen) atoms. The fourth-order valence-electron chi connectivity index (χ4n) is 1.59. The lowest BCUT2D eigenvalue weighted by molar-refractivity contribution is -0.117. The average Bonchev–Trinajstić information content (AvgIpc) is 2.68. The van der Waals surface area contributed by atoms with E-state index in [-0.39, 0.29) is 11.6 Å². The summed E-state index contributed by atoms with van der Waals surface area (Å²) in [5.74, 6) is -0.231. The highest BCUT2D eigenvalue weighted by atomic mass is 79.9. The number of aryl methyl sites for hydroxylation is 1. The lowest BCUT2D eigenvalue weighted by Crippen LogP contribution is -2.07. The van der Waals surface area contributed by atoms with E-state index in [2.05, 4.69) is 20.9 Å². The van der Waals surface area contributed by atoms with Crippen molar-refractivity contribution in [3.8, 4) is 0 Å². The monoisotopic (exact) mass is 327 g/mol. The van der Waals surface area contributed by atoms with Gasteiger partial charge in [-0.15, -0.1) is 11.3 Å². The molecule has 0 bridgehead atoms. The molecular weight excluding hydrogens is 317 g/mol. The molecule has 0 aliphatic heterocycles. The van der Waals surface area contributed by atoms with Crippen molar-refractivity contribution in [3.05, 3.63) is 50.1 Å². The van der Waals surface area contributed by atoms with Crippen molar-refractivity contribution < 1.29 is 9.18 Å². The zero-order chi connectivity index (χ0) is 13.1. The SMILES string of the molecule is Cc1csc(CC(=O)Cc2ccc(F)cc2Br)n1. The maximum atomic E-state index is 12.9. The third-order valence-corrected chi connectivity index (χ3v) is 4.12. The van der Waals surface area contributed by atoms with E-state index in [1.54, 1.807) is 6.07 Å². The Balaban J connectivity index is 2.03. The molecule has 2 aromatic rings. The number of carbonyl (C=O) groups excluding carboxylic acids is 1. The minimum atomic E-state index is -0.311. The first-order chi connectivity index (χ1) is 8.54. The highest BCUT2D eigenvalue weighted by Crippen LogP contribution is 2.19. The summed E-state index contributed by atoms with van der Waals surface area (Å²) in [5, 5.41) is 2.76. The Hall–Kier alpha value is -1.07. The van der Waals surface area contributed by atoms with E-state index in [1.165, 1.54) is 23.5 Å². The van der Waals surface area contributed by atoms with Crippen molar-refractivity contribution in [3.63, 3.8) is 0 Å². The topological polar surface area (TPSA) is 30.0 Å². The first-order valence-corrected chi connectivity index (χ1v) is 7.08. The van der Waals surface area contributed by atoms with Crippen molar-refractivity contribution >= 4 is 33.0 Å². The highest BCUT2D eigenvalue weighted by Gasteiger charge is 2.10. The van der Waals surface area contributed by atoms with Crippen molar-refractivity contribution in [1.29, 1.82) is 0 Å². The number of hydrogen-bond donors (Lipinski definition) is 0. The van der Waals surface area contributed by atoms with E-state index in [0.717, 1.165) is 16.3 Å². The van der Waals surface area contributed by atoms with Crippen LogP contribution in [0.1, 0.15) is 16.3 Å². The molecule has 0 N–H and O–H groups in total. The van der Waals surface area contributed by atoms with Gasteiger partial charge in [0.05, 0.1) is 6.42 Å². The van der Waals surface area contributed by atoms with Crippen LogP contribution in [0, 0.1) is 12.7 Å². The molecule has 0 saturated carbocycles. The first kappa shape index (κ1) is 13.4. The number of Topliss-reactive ketones (excluding diaryl/α,β-unsaturated/α-hetero) is 1. The summed E-state index contributed by atoms with van der Waals surface area (Å²) < 4.78 is 13.5. The third kappa shape index (κ3) is 3.46. The van der Waals surface area contributed by atoms with Gasteiger partial charge >= 0.3 is 0 Å². The summed E-state index contributed by atoms with van der Waals surface area (Å²) in [5.41, 5.74) is 1.74. The molecule has 0 fully saturated rings. The zero-order valence-corrected chi connectivity index (χ0v) is 12.1. The van der Waals surface area contributed by atoms with E-state index in [0.29, 0.717) is 17.3 Å². The summed E-state index contributed by atoms with van der Waals surface area (Å²) in [6.45, 7) is 1.90. The number of carbonyl (C=O) groups is 1. The van der Waals surface area contributed by atoms with Gasteiger partial charge in [0, 0.05) is 22.0 Å². The van der Waals surface area contributed by atoms with Gasteiger partial charge in [-0.3, -0.25) is 4.79 Å². The Morgan fingerprint density at radius 2 is 2.22 bits per heavy atom. The van der Waals surface area contributed by atoms with Crippen molar-refractivity contribution in [1.82, 2.24) is 4.98 Å². The molecule has 0 unspecified atom stereocenters. The predicted molar refractivity (Wildman–Crippen MR) is 73.4 cm³/mol. The van der Waals surface area contributed by atoms with E-state index >= 15 is 0 Å². The lowest BCUT2D eigenvalue weighted by Gasteiger charge is -2.03. The number of hydrogen-bond acceptors (Lipinski definition) is 3. The van der Waals surface area contributed by atoms with Crippen LogP contribution in [0.15, 0.2) is 28.1 Å². The largest absolute Gasteiger partial charge is 0.299 e. The molecule has 1 aromatic carbocycles. The van der Waals surface area contributed by atoms with Crippen molar-refractivity contribution in [2.24, 2.45) is 0 Å². The van der Waals surface area contributed by atoms with Crippen LogP contribution >= 0.6 is 27.3 Å². The number of rotatable bonds is 4. The summed E-state index contributed by atoms with van der Waals surface area (Å²) in [6.07, 6.45) is 0.627. The number of aromatic nitrogens is 1. The van der Waals surface area contributed by atoms with Crippen LogP contribution in [0.3, 0.4) is 0 Å². The van der Waals surface area contributed by atoms with Crippen LogP contribution in [-0.2, 0) is 17.6 Å². The highest BCUT2D eigenvalue weighted by molar-refractivity contribution is 9.10. The Kier molecular flexibility index (Phi) is 4.24. The van der Waals surface area contributed by atoms with E-state index in [1.807, 2.05) is 12.3 Å². The summed E-state index contributed by atoms with van der Waals surface area (Å²) >= 11 is 4.75. The van der Waals surface area contributed by atoms with Crippen molar-refractivity contribution in [2.75, 3.05) is 0 Å². The molecule has 0 radical (unpaired) electrons. The minimum absolute atomic E-state index is 0.0802. The molecule has 0 spiro atoms. The van der Waals surface area contributed by atoms with Gasteiger partial charge in [-0.1, -0.05) is 22.0 Å². The lowest BCUT2D eigenvalue weighted by atomic mass is 10.1. The Morgan fingerprint density at radius 1 is 1.44 bits per heavy atom. The predicted octanol–water partition coefficient (Wildman–Crippen LogP) is 3.71. The fourth-order valence-corrected chi connectivity index (χ4v) is 2.88. The normalized spacial score (nSPS) is 10.6. The molecule has 0 atom stereocenters. The van der Waals surface area contributed by atoms with Gasteiger partial charge in [-0.2, -0.15) is 0 Å². The van der Waals surface area contributed by atoms with Crippen molar-refractivity contribution in [2.45, 2.75) is 19.8 Å². The van der Waals surface area contributed by atoms with E-state index < -0.39 is 0 Å². The maximum Gasteiger partial charge on any atom is 0.144 e. The second-order valence-electron chi connectivity index (χ2n) is 4.01. The van der Waals surface area contributed by atoms with E-state index in [4.69, 9.17) is 0 Å². The van der Waals surface area contributed by atoms with Gasteiger partial charge in [0.2, 0.25) is 0 Å². The van der Waals surface area contributed by atoms with Crippen LogP contribution in [0.4, 0.5) is 4.39 Å². The molecule has 1 aromatic heterocycles. The Labute approximate surface area is 117 Å².